The molecule has 3 nitrogen and oxygen atoms in total. The summed E-state index contributed by atoms with van der Waals surface area (Å²) in [5, 5.41) is 8.88. The molecule has 3 heteroatoms. The van der Waals surface area contributed by atoms with Crippen LogP contribution in [0.4, 0.5) is 5.82 Å². The van der Waals surface area contributed by atoms with Crippen molar-refractivity contribution in [2.75, 3.05) is 5.73 Å². The van der Waals surface area contributed by atoms with E-state index in [0.717, 1.165) is 18.5 Å². The van der Waals surface area contributed by atoms with Crippen molar-refractivity contribution in [3.05, 3.63) is 22.9 Å². The molecule has 0 spiro atoms. The fraction of sp³-hybridized carbons (Fsp3) is 0.500. The second kappa shape index (κ2) is 4.31. The van der Waals surface area contributed by atoms with Crippen molar-refractivity contribution in [1.82, 2.24) is 4.98 Å². The lowest BCUT2D eigenvalue weighted by Crippen LogP contribution is -2.06. The summed E-state index contributed by atoms with van der Waals surface area (Å²) in [4.78, 5) is 4.34. The van der Waals surface area contributed by atoms with Gasteiger partial charge in [-0.15, -0.1) is 0 Å². The van der Waals surface area contributed by atoms with Crippen molar-refractivity contribution in [3.8, 4) is 6.07 Å². The van der Waals surface area contributed by atoms with Gasteiger partial charge in [0.05, 0.1) is 5.56 Å². The summed E-state index contributed by atoms with van der Waals surface area (Å²) in [5.41, 5.74) is 8.56. The molecule has 0 aliphatic heterocycles. The number of anilines is 1. The minimum absolute atomic E-state index is 0.386. The lowest BCUT2D eigenvalue weighted by atomic mass is 9.96. The Balaban J connectivity index is 2.40. The first kappa shape index (κ1) is 9.97. The largest absolute Gasteiger partial charge is 0.383 e. The summed E-state index contributed by atoms with van der Waals surface area (Å²) in [6, 6.07) is 4.01. The summed E-state index contributed by atoms with van der Waals surface area (Å²) >= 11 is 0. The zero-order valence-electron chi connectivity index (χ0n) is 8.79. The lowest BCUT2D eigenvalue weighted by molar-refractivity contribution is 0.609. The van der Waals surface area contributed by atoms with Crippen LogP contribution in [-0.4, -0.2) is 4.98 Å². The van der Waals surface area contributed by atoms with Crippen LogP contribution in [0.3, 0.4) is 0 Å². The molecule has 1 aliphatic carbocycles. The standard InChI is InChI=1S/C12H15N3/c13-8-10-7-9-5-3-1-2-4-6-11(9)15-12(10)14/h7H,1-6H2,(H2,14,15). The van der Waals surface area contributed by atoms with E-state index in [2.05, 4.69) is 11.1 Å². The van der Waals surface area contributed by atoms with Gasteiger partial charge in [-0.2, -0.15) is 5.26 Å². The highest BCUT2D eigenvalue weighted by molar-refractivity contribution is 5.51. The van der Waals surface area contributed by atoms with Crippen LogP contribution >= 0.6 is 0 Å². The van der Waals surface area contributed by atoms with Gasteiger partial charge in [0.15, 0.2) is 0 Å². The van der Waals surface area contributed by atoms with Crippen molar-refractivity contribution in [1.29, 1.82) is 5.26 Å². The first-order valence-electron chi connectivity index (χ1n) is 5.49. The number of nitrogen functional groups attached to an aromatic ring is 1. The summed E-state index contributed by atoms with van der Waals surface area (Å²) in [5.74, 6) is 0.386. The van der Waals surface area contributed by atoms with Gasteiger partial charge >= 0.3 is 0 Å². The Morgan fingerprint density at radius 3 is 2.67 bits per heavy atom. The van der Waals surface area contributed by atoms with Gasteiger partial charge in [0.1, 0.15) is 11.9 Å². The number of pyridine rings is 1. The molecule has 15 heavy (non-hydrogen) atoms. The maximum Gasteiger partial charge on any atom is 0.141 e. The molecule has 0 fully saturated rings. The van der Waals surface area contributed by atoms with Crippen molar-refractivity contribution in [3.63, 3.8) is 0 Å². The lowest BCUT2D eigenvalue weighted by Gasteiger charge is -2.13. The van der Waals surface area contributed by atoms with E-state index < -0.39 is 0 Å². The molecule has 0 saturated carbocycles. The predicted octanol–water partition coefficient (Wildman–Crippen LogP) is 2.19. The van der Waals surface area contributed by atoms with Crippen LogP contribution in [0.25, 0.3) is 0 Å². The zero-order valence-corrected chi connectivity index (χ0v) is 8.79. The molecular formula is C12H15N3. The normalized spacial score (nSPS) is 15.9. The summed E-state index contributed by atoms with van der Waals surface area (Å²) in [7, 11) is 0. The molecule has 2 rings (SSSR count). The zero-order chi connectivity index (χ0) is 10.7. The van der Waals surface area contributed by atoms with E-state index >= 15 is 0 Å². The number of rotatable bonds is 0. The Hall–Kier alpha value is -1.56. The average molecular weight is 201 g/mol. The van der Waals surface area contributed by atoms with Crippen molar-refractivity contribution >= 4 is 5.82 Å². The second-order valence-corrected chi connectivity index (χ2v) is 4.05. The average Bonchev–Trinajstić information content (AvgIpc) is 2.20. The summed E-state index contributed by atoms with van der Waals surface area (Å²) < 4.78 is 0. The number of nitrogens with two attached hydrogens (primary N) is 1. The van der Waals surface area contributed by atoms with E-state index in [9.17, 15) is 0 Å². The molecule has 2 N–H and O–H groups in total. The van der Waals surface area contributed by atoms with Crippen LogP contribution in [0.15, 0.2) is 6.07 Å². The topological polar surface area (TPSA) is 62.7 Å². The van der Waals surface area contributed by atoms with Crippen molar-refractivity contribution < 1.29 is 0 Å². The molecule has 0 aromatic carbocycles. The summed E-state index contributed by atoms with van der Waals surface area (Å²) in [6.45, 7) is 0. The van der Waals surface area contributed by atoms with Crippen LogP contribution in [-0.2, 0) is 12.8 Å². The molecule has 1 aliphatic rings. The van der Waals surface area contributed by atoms with Gasteiger partial charge in [-0.1, -0.05) is 12.8 Å². The Kier molecular flexibility index (Phi) is 2.86. The number of nitrogens with zero attached hydrogens (tertiary/aromatic N) is 2. The molecule has 1 aromatic heterocycles. The van der Waals surface area contributed by atoms with Crippen LogP contribution in [0.1, 0.15) is 42.5 Å². The molecule has 0 unspecified atom stereocenters. The monoisotopic (exact) mass is 201 g/mol. The Labute approximate surface area is 89.9 Å². The van der Waals surface area contributed by atoms with Gasteiger partial charge in [-0.25, -0.2) is 4.98 Å². The Morgan fingerprint density at radius 1 is 1.20 bits per heavy atom. The molecule has 0 amide bonds. The molecule has 1 aromatic rings. The van der Waals surface area contributed by atoms with E-state index in [1.54, 1.807) is 0 Å². The maximum absolute atomic E-state index is 8.88. The van der Waals surface area contributed by atoms with Gasteiger partial charge in [0.2, 0.25) is 0 Å². The SMILES string of the molecule is N#Cc1cc2c(nc1N)CCCCCC2. The third-order valence-corrected chi connectivity index (χ3v) is 2.95. The molecule has 0 atom stereocenters. The Bertz CT molecular complexity index is 404. The first-order valence-corrected chi connectivity index (χ1v) is 5.49. The summed E-state index contributed by atoms with van der Waals surface area (Å²) in [6.07, 6.45) is 6.99. The smallest absolute Gasteiger partial charge is 0.141 e. The highest BCUT2D eigenvalue weighted by Crippen LogP contribution is 2.21. The highest BCUT2D eigenvalue weighted by Gasteiger charge is 2.11. The molecule has 0 bridgehead atoms. The third kappa shape index (κ3) is 2.10. The minimum atomic E-state index is 0.386. The van der Waals surface area contributed by atoms with Crippen LogP contribution < -0.4 is 5.73 Å². The third-order valence-electron chi connectivity index (χ3n) is 2.95. The predicted molar refractivity (Wildman–Crippen MR) is 59.2 cm³/mol. The molecule has 0 saturated heterocycles. The quantitative estimate of drug-likeness (QED) is 0.699. The maximum atomic E-state index is 8.88. The number of aromatic nitrogens is 1. The molecule has 78 valence electrons. The van der Waals surface area contributed by atoms with Crippen LogP contribution in [0, 0.1) is 11.3 Å². The van der Waals surface area contributed by atoms with E-state index in [1.807, 2.05) is 6.07 Å². The van der Waals surface area contributed by atoms with Crippen molar-refractivity contribution in [2.45, 2.75) is 38.5 Å². The number of nitriles is 1. The molecule has 1 heterocycles. The van der Waals surface area contributed by atoms with Gasteiger partial charge in [-0.3, -0.25) is 0 Å². The number of hydrogen-bond donors (Lipinski definition) is 1. The van der Waals surface area contributed by atoms with E-state index in [0.29, 0.717) is 11.4 Å². The highest BCUT2D eigenvalue weighted by atomic mass is 14.8. The van der Waals surface area contributed by atoms with Crippen LogP contribution in [0.2, 0.25) is 0 Å². The Morgan fingerprint density at radius 2 is 1.93 bits per heavy atom. The van der Waals surface area contributed by atoms with Crippen LogP contribution in [0.5, 0.6) is 0 Å². The number of fused-ring (bicyclic) bond motifs is 1. The number of aryl methyl sites for hydroxylation is 2. The van der Waals surface area contributed by atoms with Crippen molar-refractivity contribution in [2.24, 2.45) is 0 Å². The van der Waals surface area contributed by atoms with E-state index in [-0.39, 0.29) is 0 Å². The van der Waals surface area contributed by atoms with Gasteiger partial charge in [-0.05, 0) is 37.3 Å². The fourth-order valence-corrected chi connectivity index (χ4v) is 2.09. The van der Waals surface area contributed by atoms with E-state index in [1.165, 1.54) is 31.2 Å². The van der Waals surface area contributed by atoms with Gasteiger partial charge < -0.3 is 5.73 Å². The number of hydrogen-bond acceptors (Lipinski definition) is 3. The first-order chi connectivity index (χ1) is 7.31. The molecule has 0 radical (unpaired) electrons. The van der Waals surface area contributed by atoms with Gasteiger partial charge in [0, 0.05) is 5.69 Å². The minimum Gasteiger partial charge on any atom is -0.383 e. The van der Waals surface area contributed by atoms with E-state index in [4.69, 9.17) is 11.0 Å². The second-order valence-electron chi connectivity index (χ2n) is 4.05. The molecular weight excluding hydrogens is 186 g/mol. The van der Waals surface area contributed by atoms with Gasteiger partial charge in [0.25, 0.3) is 0 Å². The fourth-order valence-electron chi connectivity index (χ4n) is 2.09.